The zero-order chi connectivity index (χ0) is 20.5. The van der Waals surface area contributed by atoms with Gasteiger partial charge in [-0.25, -0.2) is 0 Å². The summed E-state index contributed by atoms with van der Waals surface area (Å²) in [6.07, 6.45) is 8.93. The van der Waals surface area contributed by atoms with Gasteiger partial charge in [0.1, 0.15) is 11.5 Å². The molecule has 9 nitrogen and oxygen atoms in total. The van der Waals surface area contributed by atoms with E-state index in [2.05, 4.69) is 25.8 Å². The third-order valence-corrected chi connectivity index (χ3v) is 5.40. The smallest absolute Gasteiger partial charge is 0.291 e. The number of aromatic nitrogens is 5. The summed E-state index contributed by atoms with van der Waals surface area (Å²) >= 11 is 0. The third-order valence-electron chi connectivity index (χ3n) is 5.40. The van der Waals surface area contributed by atoms with Crippen molar-refractivity contribution >= 4 is 11.6 Å². The topological polar surface area (TPSA) is 114 Å². The van der Waals surface area contributed by atoms with Gasteiger partial charge in [-0.2, -0.15) is 10.2 Å². The van der Waals surface area contributed by atoms with Gasteiger partial charge < -0.3 is 15.1 Å². The van der Waals surface area contributed by atoms with Crippen molar-refractivity contribution in [1.29, 1.82) is 0 Å². The molecule has 9 heteroatoms. The van der Waals surface area contributed by atoms with Crippen molar-refractivity contribution in [3.05, 3.63) is 60.9 Å². The molecule has 0 aliphatic heterocycles. The molecule has 4 aromatic heterocycles. The summed E-state index contributed by atoms with van der Waals surface area (Å²) in [6.45, 7) is 0. The number of aromatic amines is 1. The van der Waals surface area contributed by atoms with Crippen molar-refractivity contribution < 1.29 is 9.21 Å². The summed E-state index contributed by atoms with van der Waals surface area (Å²) in [4.78, 5) is 17.2. The summed E-state index contributed by atoms with van der Waals surface area (Å²) in [5.41, 5.74) is 2.72. The van der Waals surface area contributed by atoms with Crippen molar-refractivity contribution in [2.24, 2.45) is 0 Å². The van der Waals surface area contributed by atoms with Crippen LogP contribution in [0.4, 0.5) is 5.69 Å². The van der Waals surface area contributed by atoms with Crippen LogP contribution >= 0.6 is 0 Å². The number of furan rings is 1. The highest BCUT2D eigenvalue weighted by Gasteiger charge is 2.31. The van der Waals surface area contributed by atoms with E-state index in [1.54, 1.807) is 30.7 Å². The number of anilines is 1. The fourth-order valence-electron chi connectivity index (χ4n) is 3.59. The number of H-pyrrole nitrogens is 1. The molecular formula is C21H21N7O2. The molecule has 3 N–H and O–H groups in total. The Morgan fingerprint density at radius 2 is 2.17 bits per heavy atom. The van der Waals surface area contributed by atoms with Gasteiger partial charge in [-0.05, 0) is 44.2 Å². The minimum absolute atomic E-state index is 0.213. The van der Waals surface area contributed by atoms with E-state index in [-0.39, 0.29) is 11.7 Å². The summed E-state index contributed by atoms with van der Waals surface area (Å²) in [5, 5.41) is 17.6. The predicted octanol–water partition coefficient (Wildman–Crippen LogP) is 3.10. The molecule has 0 unspecified atom stereocenters. The molecule has 152 valence electrons. The van der Waals surface area contributed by atoms with Gasteiger partial charge in [-0.3, -0.25) is 19.6 Å². The van der Waals surface area contributed by atoms with Crippen molar-refractivity contribution in [3.63, 3.8) is 0 Å². The summed E-state index contributed by atoms with van der Waals surface area (Å²) < 4.78 is 7.62. The Kier molecular flexibility index (Phi) is 4.64. The lowest BCUT2D eigenvalue weighted by molar-refractivity contribution is 0.0997. The van der Waals surface area contributed by atoms with Gasteiger partial charge in [-0.15, -0.1) is 0 Å². The number of carbonyl (C=O) groups excluding carboxylic acids is 1. The zero-order valence-corrected chi connectivity index (χ0v) is 16.4. The zero-order valence-electron chi connectivity index (χ0n) is 16.4. The van der Waals surface area contributed by atoms with Gasteiger partial charge in [0, 0.05) is 24.6 Å². The van der Waals surface area contributed by atoms with E-state index < -0.39 is 0 Å². The summed E-state index contributed by atoms with van der Waals surface area (Å²) in [5.74, 6) is 0.440. The number of amides is 1. The van der Waals surface area contributed by atoms with E-state index >= 15 is 0 Å². The monoisotopic (exact) mass is 403 g/mol. The van der Waals surface area contributed by atoms with Crippen molar-refractivity contribution in [1.82, 2.24) is 30.3 Å². The number of pyridine rings is 1. The molecule has 1 saturated carbocycles. The minimum atomic E-state index is -0.344. The molecule has 1 aliphatic carbocycles. The highest BCUT2D eigenvalue weighted by molar-refractivity contribution is 6.04. The SMILES string of the molecule is CN[C@H]1C[C@@H](n2cc(NC(=O)c3ccc(-c4cn[nH]c4)o3)c(-c3ccccn3)n2)C1. The Hall–Kier alpha value is -3.72. The van der Waals surface area contributed by atoms with E-state index in [9.17, 15) is 4.79 Å². The van der Waals surface area contributed by atoms with Crippen LogP contribution in [-0.4, -0.2) is 44.0 Å². The lowest BCUT2D eigenvalue weighted by atomic mass is 9.87. The average molecular weight is 403 g/mol. The van der Waals surface area contributed by atoms with E-state index in [4.69, 9.17) is 9.52 Å². The summed E-state index contributed by atoms with van der Waals surface area (Å²) in [6, 6.07) is 9.82. The standard InChI is InChI=1S/C21H21N7O2/c1-22-14-8-15(9-14)28-12-17(20(27-28)16-4-2-3-7-23-16)26-21(29)19-6-5-18(30-19)13-10-24-25-11-13/h2-7,10-12,14-15,22H,8-9H2,1H3,(H,24,25)(H,26,29)/t14-,15+. The van der Waals surface area contributed by atoms with Crippen molar-refractivity contribution in [3.8, 4) is 22.7 Å². The molecule has 5 rings (SSSR count). The Morgan fingerprint density at radius 3 is 2.90 bits per heavy atom. The maximum Gasteiger partial charge on any atom is 0.291 e. The number of nitrogens with one attached hydrogen (secondary N) is 3. The molecule has 4 heterocycles. The minimum Gasteiger partial charge on any atom is -0.451 e. The van der Waals surface area contributed by atoms with Crippen LogP contribution in [0.1, 0.15) is 29.4 Å². The van der Waals surface area contributed by atoms with Crippen LogP contribution in [0.5, 0.6) is 0 Å². The molecule has 0 bridgehead atoms. The number of hydrogen-bond donors (Lipinski definition) is 3. The summed E-state index contributed by atoms with van der Waals surface area (Å²) in [7, 11) is 1.97. The second-order valence-corrected chi connectivity index (χ2v) is 7.30. The van der Waals surface area contributed by atoms with Crippen LogP contribution in [-0.2, 0) is 0 Å². The van der Waals surface area contributed by atoms with Gasteiger partial charge in [0.15, 0.2) is 5.76 Å². The molecule has 0 aromatic carbocycles. The van der Waals surface area contributed by atoms with E-state index in [0.717, 1.165) is 18.4 Å². The van der Waals surface area contributed by atoms with Crippen LogP contribution in [0.15, 0.2) is 59.5 Å². The lowest BCUT2D eigenvalue weighted by Crippen LogP contribution is -2.40. The fourth-order valence-corrected chi connectivity index (χ4v) is 3.59. The first-order valence-electron chi connectivity index (χ1n) is 9.79. The first-order valence-corrected chi connectivity index (χ1v) is 9.79. The molecule has 0 atom stereocenters. The van der Waals surface area contributed by atoms with Crippen LogP contribution in [0.25, 0.3) is 22.7 Å². The quantitative estimate of drug-likeness (QED) is 0.456. The highest BCUT2D eigenvalue weighted by atomic mass is 16.3. The van der Waals surface area contributed by atoms with Gasteiger partial charge in [-0.1, -0.05) is 6.07 Å². The number of nitrogens with zero attached hydrogens (tertiary/aromatic N) is 4. The predicted molar refractivity (Wildman–Crippen MR) is 111 cm³/mol. The van der Waals surface area contributed by atoms with Crippen LogP contribution in [0, 0.1) is 0 Å². The molecule has 0 radical (unpaired) electrons. The Labute approximate surface area is 172 Å². The van der Waals surface area contributed by atoms with Crippen LogP contribution in [0.2, 0.25) is 0 Å². The van der Waals surface area contributed by atoms with Gasteiger partial charge in [0.05, 0.1) is 29.2 Å². The molecule has 4 aromatic rings. The van der Waals surface area contributed by atoms with Gasteiger partial charge >= 0.3 is 0 Å². The number of carbonyl (C=O) groups is 1. The Balaban J connectivity index is 1.41. The van der Waals surface area contributed by atoms with E-state index in [1.807, 2.05) is 36.1 Å². The highest BCUT2D eigenvalue weighted by Crippen LogP contribution is 2.35. The molecule has 0 saturated heterocycles. The Bertz CT molecular complexity index is 1140. The van der Waals surface area contributed by atoms with Gasteiger partial charge in [0.25, 0.3) is 5.91 Å². The molecule has 1 amide bonds. The first kappa shape index (κ1) is 18.3. The van der Waals surface area contributed by atoms with Crippen molar-refractivity contribution in [2.75, 3.05) is 12.4 Å². The molecular weight excluding hydrogens is 382 g/mol. The molecule has 0 spiro atoms. The van der Waals surface area contributed by atoms with E-state index in [1.165, 1.54) is 0 Å². The lowest BCUT2D eigenvalue weighted by Gasteiger charge is -2.35. The third kappa shape index (κ3) is 3.39. The number of rotatable bonds is 6. The molecule has 1 fully saturated rings. The Morgan fingerprint density at radius 1 is 1.27 bits per heavy atom. The molecule has 1 aliphatic rings. The van der Waals surface area contributed by atoms with Gasteiger partial charge in [0.2, 0.25) is 0 Å². The van der Waals surface area contributed by atoms with E-state index in [0.29, 0.717) is 34.9 Å². The van der Waals surface area contributed by atoms with Crippen LogP contribution in [0.3, 0.4) is 0 Å². The number of hydrogen-bond acceptors (Lipinski definition) is 6. The van der Waals surface area contributed by atoms with Crippen LogP contribution < -0.4 is 10.6 Å². The maximum absolute atomic E-state index is 12.8. The normalized spacial score (nSPS) is 18.2. The molecule has 30 heavy (non-hydrogen) atoms. The largest absolute Gasteiger partial charge is 0.451 e. The fraction of sp³-hybridized carbons (Fsp3) is 0.238. The van der Waals surface area contributed by atoms with Crippen molar-refractivity contribution in [2.45, 2.75) is 24.9 Å². The second-order valence-electron chi connectivity index (χ2n) is 7.30. The first-order chi connectivity index (χ1) is 14.7. The second kappa shape index (κ2) is 7.60. The average Bonchev–Trinajstić information content (AvgIpc) is 3.48. The maximum atomic E-state index is 12.8.